The number of rotatable bonds is 1. The maximum Gasteiger partial charge on any atom is 0.155 e. The SMILES string of the molecule is CC.CC.CC(C)(C)c1ccn2ncnc2c1.CC(C)c1ccc2ncnn2c1. The van der Waals surface area contributed by atoms with Crippen molar-refractivity contribution in [3.05, 3.63) is 60.4 Å². The Morgan fingerprint density at radius 1 is 0.793 bits per heavy atom. The van der Waals surface area contributed by atoms with Gasteiger partial charge in [-0.05, 0) is 40.7 Å². The van der Waals surface area contributed by atoms with E-state index in [-0.39, 0.29) is 5.41 Å². The Hall–Kier alpha value is -2.76. The Kier molecular flexibility index (Phi) is 9.45. The lowest BCUT2D eigenvalue weighted by molar-refractivity contribution is 0.589. The molecule has 0 amide bonds. The standard InChI is InChI=1S/C10H13N3.C9H11N3.2C2H6/c1-10(2,3)8-4-5-13-9(6-8)11-7-12-13;1-7(2)8-3-4-9-10-6-11-12(9)5-8;2*1-2/h4-7H,1-3H3;3-7H,1-2H3;2*1-2H3. The Labute approximate surface area is 175 Å². The van der Waals surface area contributed by atoms with E-state index in [1.54, 1.807) is 21.7 Å². The van der Waals surface area contributed by atoms with Crippen molar-refractivity contribution in [3.8, 4) is 0 Å². The molecule has 0 fully saturated rings. The highest BCUT2D eigenvalue weighted by atomic mass is 15.3. The molecule has 0 bridgehead atoms. The Morgan fingerprint density at radius 3 is 1.97 bits per heavy atom. The average molecular weight is 397 g/mol. The molecular formula is C23H36N6. The zero-order valence-corrected chi connectivity index (χ0v) is 19.4. The van der Waals surface area contributed by atoms with Crippen LogP contribution < -0.4 is 0 Å². The van der Waals surface area contributed by atoms with Crippen LogP contribution in [0.25, 0.3) is 11.3 Å². The van der Waals surface area contributed by atoms with E-state index in [2.05, 4.69) is 73.0 Å². The van der Waals surface area contributed by atoms with Gasteiger partial charge in [0.05, 0.1) is 0 Å². The summed E-state index contributed by atoms with van der Waals surface area (Å²) in [7, 11) is 0. The van der Waals surface area contributed by atoms with Crippen LogP contribution in [0.4, 0.5) is 0 Å². The van der Waals surface area contributed by atoms with Crippen LogP contribution in [0.5, 0.6) is 0 Å². The van der Waals surface area contributed by atoms with Gasteiger partial charge in [-0.2, -0.15) is 10.2 Å². The molecule has 0 atom stereocenters. The van der Waals surface area contributed by atoms with E-state index in [0.29, 0.717) is 5.92 Å². The second-order valence-corrected chi connectivity index (χ2v) is 7.41. The molecular weight excluding hydrogens is 360 g/mol. The molecule has 158 valence electrons. The summed E-state index contributed by atoms with van der Waals surface area (Å²) in [4.78, 5) is 8.22. The van der Waals surface area contributed by atoms with E-state index >= 15 is 0 Å². The first-order valence-corrected chi connectivity index (χ1v) is 10.4. The summed E-state index contributed by atoms with van der Waals surface area (Å²) in [5.41, 5.74) is 4.56. The van der Waals surface area contributed by atoms with Gasteiger partial charge in [0.25, 0.3) is 0 Å². The summed E-state index contributed by atoms with van der Waals surface area (Å²) in [6.45, 7) is 18.9. The molecule has 0 unspecified atom stereocenters. The predicted octanol–water partition coefficient (Wildman–Crippen LogP) is 5.93. The molecule has 0 saturated heterocycles. The maximum absolute atomic E-state index is 4.14. The summed E-state index contributed by atoms with van der Waals surface area (Å²) < 4.78 is 3.57. The van der Waals surface area contributed by atoms with Gasteiger partial charge < -0.3 is 0 Å². The molecule has 0 aliphatic carbocycles. The molecule has 6 nitrogen and oxygen atoms in total. The van der Waals surface area contributed by atoms with E-state index in [4.69, 9.17) is 0 Å². The van der Waals surface area contributed by atoms with Crippen molar-refractivity contribution in [2.24, 2.45) is 0 Å². The monoisotopic (exact) mass is 396 g/mol. The van der Waals surface area contributed by atoms with Crippen molar-refractivity contribution in [1.29, 1.82) is 0 Å². The highest BCUT2D eigenvalue weighted by molar-refractivity contribution is 5.41. The summed E-state index contributed by atoms with van der Waals surface area (Å²) in [5, 5.41) is 8.11. The third-order valence-corrected chi connectivity index (χ3v) is 4.11. The van der Waals surface area contributed by atoms with Crippen LogP contribution in [0.1, 0.15) is 79.4 Å². The van der Waals surface area contributed by atoms with Crippen molar-refractivity contribution < 1.29 is 0 Å². The molecule has 29 heavy (non-hydrogen) atoms. The number of hydrogen-bond acceptors (Lipinski definition) is 4. The molecule has 0 aliphatic rings. The van der Waals surface area contributed by atoms with Gasteiger partial charge in [-0.3, -0.25) is 0 Å². The number of hydrogen-bond donors (Lipinski definition) is 0. The van der Waals surface area contributed by atoms with E-state index in [9.17, 15) is 0 Å². The van der Waals surface area contributed by atoms with Crippen LogP contribution in [0.15, 0.2) is 49.3 Å². The van der Waals surface area contributed by atoms with E-state index in [0.717, 1.165) is 11.3 Å². The first-order valence-electron chi connectivity index (χ1n) is 10.4. The van der Waals surface area contributed by atoms with Gasteiger partial charge in [-0.1, -0.05) is 68.4 Å². The van der Waals surface area contributed by atoms with E-state index in [1.165, 1.54) is 11.1 Å². The quantitative estimate of drug-likeness (QED) is 0.400. The first kappa shape index (κ1) is 24.3. The number of pyridine rings is 2. The lowest BCUT2D eigenvalue weighted by Crippen LogP contribution is -2.11. The van der Waals surface area contributed by atoms with Gasteiger partial charge in [0.15, 0.2) is 11.3 Å². The fraction of sp³-hybridized carbons (Fsp3) is 0.478. The summed E-state index contributed by atoms with van der Waals surface area (Å²) in [6.07, 6.45) is 7.11. The molecule has 4 aromatic rings. The Balaban J connectivity index is 0.000000248. The van der Waals surface area contributed by atoms with Gasteiger partial charge in [0.1, 0.15) is 12.7 Å². The molecule has 0 aromatic carbocycles. The van der Waals surface area contributed by atoms with Gasteiger partial charge in [-0.25, -0.2) is 19.0 Å². The van der Waals surface area contributed by atoms with Crippen LogP contribution in [-0.2, 0) is 5.41 Å². The molecule has 0 saturated carbocycles. The van der Waals surface area contributed by atoms with Crippen molar-refractivity contribution in [1.82, 2.24) is 29.2 Å². The molecule has 4 aromatic heterocycles. The lowest BCUT2D eigenvalue weighted by Gasteiger charge is -2.18. The first-order chi connectivity index (χ1) is 13.8. The molecule has 4 rings (SSSR count). The van der Waals surface area contributed by atoms with Crippen LogP contribution in [0.3, 0.4) is 0 Å². The average Bonchev–Trinajstić information content (AvgIpc) is 3.38. The molecule has 0 radical (unpaired) electrons. The van der Waals surface area contributed by atoms with Gasteiger partial charge >= 0.3 is 0 Å². The lowest BCUT2D eigenvalue weighted by atomic mass is 9.88. The maximum atomic E-state index is 4.14. The Morgan fingerprint density at radius 2 is 1.38 bits per heavy atom. The smallest absolute Gasteiger partial charge is 0.155 e. The second kappa shape index (κ2) is 11.3. The topological polar surface area (TPSA) is 60.4 Å². The number of nitrogens with zero attached hydrogens (tertiary/aromatic N) is 6. The van der Waals surface area contributed by atoms with Crippen LogP contribution in [0.2, 0.25) is 0 Å². The highest BCUT2D eigenvalue weighted by Gasteiger charge is 2.13. The fourth-order valence-corrected chi connectivity index (χ4v) is 2.46. The van der Waals surface area contributed by atoms with Gasteiger partial charge in [0, 0.05) is 12.4 Å². The minimum absolute atomic E-state index is 0.174. The molecule has 0 aliphatic heterocycles. The van der Waals surface area contributed by atoms with Crippen molar-refractivity contribution in [2.45, 2.75) is 73.6 Å². The summed E-state index contributed by atoms with van der Waals surface area (Å²) >= 11 is 0. The van der Waals surface area contributed by atoms with Crippen LogP contribution in [0, 0.1) is 0 Å². The zero-order valence-electron chi connectivity index (χ0n) is 19.4. The van der Waals surface area contributed by atoms with Crippen molar-refractivity contribution in [2.75, 3.05) is 0 Å². The molecule has 4 heterocycles. The highest BCUT2D eigenvalue weighted by Crippen LogP contribution is 2.22. The van der Waals surface area contributed by atoms with Crippen LogP contribution >= 0.6 is 0 Å². The fourth-order valence-electron chi connectivity index (χ4n) is 2.46. The largest absolute Gasteiger partial charge is 0.221 e. The van der Waals surface area contributed by atoms with Crippen molar-refractivity contribution in [3.63, 3.8) is 0 Å². The van der Waals surface area contributed by atoms with Gasteiger partial charge in [-0.15, -0.1) is 0 Å². The Bertz CT molecular complexity index is 976. The molecule has 0 spiro atoms. The molecule has 0 N–H and O–H groups in total. The zero-order chi connectivity index (χ0) is 22.0. The minimum atomic E-state index is 0.174. The van der Waals surface area contributed by atoms with Gasteiger partial charge in [0.2, 0.25) is 0 Å². The van der Waals surface area contributed by atoms with E-state index in [1.807, 2.05) is 46.2 Å². The third-order valence-electron chi connectivity index (χ3n) is 4.11. The normalized spacial score (nSPS) is 10.6. The number of fused-ring (bicyclic) bond motifs is 2. The third kappa shape index (κ3) is 6.66. The van der Waals surface area contributed by atoms with E-state index < -0.39 is 0 Å². The van der Waals surface area contributed by atoms with Crippen molar-refractivity contribution >= 4 is 11.3 Å². The summed E-state index contributed by atoms with van der Waals surface area (Å²) in [6, 6.07) is 8.24. The predicted molar refractivity (Wildman–Crippen MR) is 121 cm³/mol. The minimum Gasteiger partial charge on any atom is -0.221 e. The summed E-state index contributed by atoms with van der Waals surface area (Å²) in [5.74, 6) is 0.540. The second-order valence-electron chi connectivity index (χ2n) is 7.41. The van der Waals surface area contributed by atoms with Crippen LogP contribution in [-0.4, -0.2) is 29.2 Å². The number of aromatic nitrogens is 6. The molecule has 6 heteroatoms.